The zero-order chi connectivity index (χ0) is 99.6. The molecule has 19 aromatic carbocycles. The quantitative estimate of drug-likeness (QED) is 0.135. The van der Waals surface area contributed by atoms with Crippen molar-refractivity contribution < 1.29 is 0 Å². The minimum absolute atomic E-state index is 0.0726. The second-order valence-corrected chi connectivity index (χ2v) is 43.2. The molecular weight excluding hydrogens is 1830 g/mol. The van der Waals surface area contributed by atoms with Crippen molar-refractivity contribution in [3.63, 3.8) is 0 Å². The van der Waals surface area contributed by atoms with Gasteiger partial charge in [-0.1, -0.05) is 413 Å². The second-order valence-electron chi connectivity index (χ2n) is 42.1. The Labute approximate surface area is 866 Å². The first kappa shape index (κ1) is 87.4. The number of aromatic nitrogens is 10. The average Bonchev–Trinajstić information content (AvgIpc) is 1.55. The maximum absolute atomic E-state index is 5.48. The molecule has 11 heteroatoms. The van der Waals surface area contributed by atoms with E-state index in [1.807, 2.05) is 29.5 Å². The van der Waals surface area contributed by atoms with E-state index in [9.17, 15) is 0 Å². The van der Waals surface area contributed by atoms with Crippen molar-refractivity contribution in [3.05, 3.63) is 494 Å². The fraction of sp³-hybridized carbons (Fsp3) is 0.0870. The molecule has 0 spiro atoms. The molecule has 0 fully saturated rings. The number of fused-ring (bicyclic) bond motifs is 30. The highest BCUT2D eigenvalue weighted by Gasteiger charge is 2.45. The summed E-state index contributed by atoms with van der Waals surface area (Å²) < 4.78 is 12.4. The van der Waals surface area contributed by atoms with E-state index in [0.717, 1.165) is 135 Å². The number of rotatable bonds is 10. The van der Waals surface area contributed by atoms with Crippen molar-refractivity contribution in [3.8, 4) is 135 Å². The predicted octanol–water partition coefficient (Wildman–Crippen LogP) is 35.4. The van der Waals surface area contributed by atoms with Crippen LogP contribution in [0.3, 0.4) is 0 Å². The minimum atomic E-state index is -0.284. The fourth-order valence-electron chi connectivity index (χ4n) is 25.6. The summed E-state index contributed by atoms with van der Waals surface area (Å²) in [6.07, 6.45) is 0. The van der Waals surface area contributed by atoms with Crippen molar-refractivity contribution in [1.29, 1.82) is 0 Å². The van der Waals surface area contributed by atoms with Crippen LogP contribution in [-0.2, 0) is 21.7 Å². The Kier molecular flexibility index (Phi) is 19.5. The van der Waals surface area contributed by atoms with Crippen molar-refractivity contribution in [1.82, 2.24) is 48.2 Å². The average molecular weight is 1930 g/mol. The third-order valence-corrected chi connectivity index (χ3v) is 33.6. The SMILES string of the molecule is CC1(C)c2ccccc2-c2c(-c3ccccc3-n3c4ccccc4c4c5c(ccc43)sc3ccccc35)nc(-c3ccccc3)nc21.CC1(C)c2ccccc2-c2c(-c3ccccc3-n3c4ccccc4c4c5c6ccccc6n(-c6ccccc6)c5ccc43)nc(-c3ccccc3)nc21.CC1(C)c2ccccc2-c2c1ccc1c2c2ccccc2n1-c1ccccc1-c1nc(-c2ccccc2)nc2c1-c1ccccc1C2(C)C. The molecule has 31 rings (SSSR count). The monoisotopic (exact) mass is 1930 g/mol. The molecule has 706 valence electrons. The largest absolute Gasteiger partial charge is 0.309 e. The van der Waals surface area contributed by atoms with Crippen LogP contribution in [0, 0.1) is 0 Å². The summed E-state index contributed by atoms with van der Waals surface area (Å²) in [6.45, 7) is 18.5. The zero-order valence-electron chi connectivity index (χ0n) is 83.6. The van der Waals surface area contributed by atoms with Crippen LogP contribution in [0.1, 0.15) is 100 Å². The van der Waals surface area contributed by atoms with Gasteiger partial charge in [0.2, 0.25) is 0 Å². The molecular formula is C138H98N10S. The van der Waals surface area contributed by atoms with Crippen molar-refractivity contribution in [2.75, 3.05) is 0 Å². The van der Waals surface area contributed by atoms with Gasteiger partial charge in [0.25, 0.3) is 0 Å². The van der Waals surface area contributed by atoms with E-state index in [1.165, 1.54) is 152 Å². The van der Waals surface area contributed by atoms with E-state index in [2.05, 4.69) is 504 Å². The summed E-state index contributed by atoms with van der Waals surface area (Å²) in [5, 5.41) is 12.8. The predicted molar refractivity (Wildman–Crippen MR) is 619 cm³/mol. The standard InChI is InChI=1S/C49H34N4.C46H35N3.C43H29N3S/c1-49(2)37-25-13-9-21-33(37)45-46(50-48(51-47(45)49)31-17-5-3-6-18-31)36-24-12-16-28-40(36)53-39-27-15-11-23-35(39)44-42(53)30-29-41-43(44)34-22-10-14-26-38(34)52(41)32-19-7-4-8-20-32;1-45(2)33-22-12-8-18-29(33)39-35(45)26-27-38-40(39)31-20-10-14-24-36(31)49(38)37-25-15-11-21-32(37)42-41-30-19-9-13-23-34(30)46(3,4)43(41)48-44(47-42)28-16-6-5-7-17-28;1-43(2)31-20-10-6-16-27(31)39-40(44-42(45-41(39)43)26-14-4-3-5-15-26)29-18-8-12-22-33(29)46-32-21-11-7-17-28(32)37-34(46)24-25-36-38(37)30-19-9-13-23-35(30)47-36/h3-30H,1-2H3;5-27H,1-4H3;3-25H,1-2H3. The van der Waals surface area contributed by atoms with Gasteiger partial charge in [0.15, 0.2) is 17.5 Å². The molecule has 4 aliphatic carbocycles. The van der Waals surface area contributed by atoms with E-state index in [-0.39, 0.29) is 21.7 Å². The number of para-hydroxylation sites is 8. The zero-order valence-corrected chi connectivity index (χ0v) is 84.4. The van der Waals surface area contributed by atoms with Crippen LogP contribution in [0.25, 0.3) is 243 Å². The summed E-state index contributed by atoms with van der Waals surface area (Å²) in [7, 11) is 0. The van der Waals surface area contributed by atoms with Crippen molar-refractivity contribution in [2.24, 2.45) is 0 Å². The molecule has 0 saturated heterocycles. The highest BCUT2D eigenvalue weighted by Crippen LogP contribution is 2.60. The number of benzene rings is 19. The van der Waals surface area contributed by atoms with Gasteiger partial charge in [-0.15, -0.1) is 11.3 Å². The Morgan fingerprint density at radius 2 is 0.456 bits per heavy atom. The Morgan fingerprint density at radius 1 is 0.181 bits per heavy atom. The van der Waals surface area contributed by atoms with Gasteiger partial charge in [-0.25, -0.2) is 29.9 Å². The van der Waals surface area contributed by atoms with Crippen molar-refractivity contribution in [2.45, 2.75) is 77.0 Å². The highest BCUT2D eigenvalue weighted by molar-refractivity contribution is 7.26. The Morgan fingerprint density at radius 3 is 0.852 bits per heavy atom. The van der Waals surface area contributed by atoms with Crippen molar-refractivity contribution >= 4 is 119 Å². The van der Waals surface area contributed by atoms with Gasteiger partial charge in [0, 0.05) is 141 Å². The summed E-state index contributed by atoms with van der Waals surface area (Å²) in [5.41, 5.74) is 41.8. The van der Waals surface area contributed by atoms with Crippen LogP contribution >= 0.6 is 11.3 Å². The lowest BCUT2D eigenvalue weighted by Crippen LogP contribution is -2.17. The molecule has 0 unspecified atom stereocenters. The normalized spacial score (nSPS) is 13.9. The van der Waals surface area contributed by atoms with E-state index in [4.69, 9.17) is 29.9 Å². The Bertz CT molecular complexity index is 10300. The van der Waals surface area contributed by atoms with Crippen LogP contribution in [0.4, 0.5) is 0 Å². The number of nitrogens with zero attached hydrogens (tertiary/aromatic N) is 10. The van der Waals surface area contributed by atoms with Crippen LogP contribution in [-0.4, -0.2) is 48.2 Å². The number of hydrogen-bond donors (Lipinski definition) is 0. The lowest BCUT2D eigenvalue weighted by Gasteiger charge is -2.22. The summed E-state index contributed by atoms with van der Waals surface area (Å²) in [6, 6.07) is 162. The first-order valence-corrected chi connectivity index (χ1v) is 52.4. The Balaban J connectivity index is 0.000000105. The van der Waals surface area contributed by atoms with Gasteiger partial charge in [-0.3, -0.25) is 0 Å². The molecule has 0 bridgehead atoms. The van der Waals surface area contributed by atoms with Gasteiger partial charge in [0.05, 0.1) is 95.4 Å². The summed E-state index contributed by atoms with van der Waals surface area (Å²) in [5.74, 6) is 2.25. The lowest BCUT2D eigenvalue weighted by atomic mass is 9.82. The number of thiophene rings is 1. The molecule has 4 aliphatic rings. The molecule has 0 amide bonds. The molecule has 0 radical (unpaired) electrons. The van der Waals surface area contributed by atoms with Crippen LogP contribution in [0.2, 0.25) is 0 Å². The number of hydrogen-bond acceptors (Lipinski definition) is 7. The summed E-state index contributed by atoms with van der Waals surface area (Å²) in [4.78, 5) is 32.4. The molecule has 10 nitrogen and oxygen atoms in total. The Hall–Kier alpha value is -18.2. The molecule has 0 saturated carbocycles. The molecule has 8 heterocycles. The van der Waals surface area contributed by atoms with Crippen LogP contribution in [0.5, 0.6) is 0 Å². The van der Waals surface area contributed by atoms with Gasteiger partial charge < -0.3 is 18.3 Å². The van der Waals surface area contributed by atoms with Gasteiger partial charge in [-0.05, 0) is 147 Å². The van der Waals surface area contributed by atoms with Crippen LogP contribution < -0.4 is 0 Å². The minimum Gasteiger partial charge on any atom is -0.309 e. The molecule has 149 heavy (non-hydrogen) atoms. The lowest BCUT2D eigenvalue weighted by molar-refractivity contribution is 0.636. The van der Waals surface area contributed by atoms with Gasteiger partial charge in [0.1, 0.15) is 0 Å². The maximum atomic E-state index is 5.48. The third kappa shape index (κ3) is 12.9. The van der Waals surface area contributed by atoms with Gasteiger partial charge in [-0.2, -0.15) is 0 Å². The van der Waals surface area contributed by atoms with Gasteiger partial charge >= 0.3 is 0 Å². The van der Waals surface area contributed by atoms with E-state index in [0.29, 0.717) is 0 Å². The van der Waals surface area contributed by atoms with E-state index < -0.39 is 0 Å². The highest BCUT2D eigenvalue weighted by atomic mass is 32.1. The smallest absolute Gasteiger partial charge is 0.160 e. The van der Waals surface area contributed by atoms with E-state index in [1.54, 1.807) is 0 Å². The maximum Gasteiger partial charge on any atom is 0.160 e. The first-order chi connectivity index (χ1) is 73.0. The molecule has 0 N–H and O–H groups in total. The second kappa shape index (κ2) is 33.2. The fourth-order valence-corrected chi connectivity index (χ4v) is 26.8. The molecule has 0 aliphatic heterocycles. The molecule has 0 atom stereocenters. The first-order valence-electron chi connectivity index (χ1n) is 51.6. The molecule has 8 aromatic heterocycles. The van der Waals surface area contributed by atoms with Crippen LogP contribution in [0.15, 0.2) is 449 Å². The molecule has 27 aromatic rings. The van der Waals surface area contributed by atoms with E-state index >= 15 is 0 Å². The third-order valence-electron chi connectivity index (χ3n) is 32.5. The summed E-state index contributed by atoms with van der Waals surface area (Å²) >= 11 is 1.87. The topological polar surface area (TPSA) is 97.1 Å².